The zero-order valence-electron chi connectivity index (χ0n) is 21.1. The number of rotatable bonds is 4. The second-order valence-electron chi connectivity index (χ2n) is 10.9. The van der Waals surface area contributed by atoms with Gasteiger partial charge in [0.05, 0.1) is 11.2 Å². The summed E-state index contributed by atoms with van der Waals surface area (Å²) in [5.41, 5.74) is 9.54. The van der Waals surface area contributed by atoms with Crippen LogP contribution in [0.2, 0.25) is 0 Å². The number of nitrogens with two attached hydrogens (primary N) is 1. The van der Waals surface area contributed by atoms with Crippen LogP contribution in [0.5, 0.6) is 0 Å². The van der Waals surface area contributed by atoms with Crippen molar-refractivity contribution in [2.24, 2.45) is 5.73 Å². The molecule has 0 spiro atoms. The highest BCUT2D eigenvalue weighted by atomic mass is 16.7. The SMILES string of the molecule is Cc1c(CN)cc(N2CCN(C(=O)OC(C)(C)C)CC2)cc1CB1OC(C)(C)C(C)(C)O1. The molecular formula is C24H40BN3O4. The van der Waals surface area contributed by atoms with Crippen molar-refractivity contribution in [1.29, 1.82) is 0 Å². The van der Waals surface area contributed by atoms with Gasteiger partial charge in [0, 0.05) is 44.7 Å². The fourth-order valence-corrected chi connectivity index (χ4v) is 4.13. The highest BCUT2D eigenvalue weighted by molar-refractivity contribution is 6.45. The number of hydrogen-bond donors (Lipinski definition) is 1. The Bertz CT molecular complexity index is 826. The van der Waals surface area contributed by atoms with Crippen LogP contribution in [-0.2, 0) is 26.9 Å². The number of ether oxygens (including phenoxy) is 1. The van der Waals surface area contributed by atoms with Gasteiger partial charge in [-0.3, -0.25) is 0 Å². The maximum Gasteiger partial charge on any atom is 0.462 e. The predicted molar refractivity (Wildman–Crippen MR) is 129 cm³/mol. The van der Waals surface area contributed by atoms with E-state index in [1.54, 1.807) is 4.90 Å². The summed E-state index contributed by atoms with van der Waals surface area (Å²) in [6.07, 6.45) is 0.433. The monoisotopic (exact) mass is 445 g/mol. The third-order valence-electron chi connectivity index (χ3n) is 6.81. The molecule has 2 aliphatic heterocycles. The van der Waals surface area contributed by atoms with Crippen LogP contribution in [0.3, 0.4) is 0 Å². The first-order valence-corrected chi connectivity index (χ1v) is 11.6. The molecule has 0 unspecified atom stereocenters. The van der Waals surface area contributed by atoms with Crippen molar-refractivity contribution in [1.82, 2.24) is 4.90 Å². The number of piperazine rings is 1. The standard InChI is InChI=1S/C24H40BN3O4/c1-17-18(15-25-31-23(5,6)24(7,8)32-25)13-20(14-19(17)16-26)27-9-11-28(12-10-27)21(29)30-22(2,3)4/h13-14H,9-12,15-16,26H2,1-8H3. The Morgan fingerprint density at radius 1 is 1.06 bits per heavy atom. The van der Waals surface area contributed by atoms with Gasteiger partial charge in [-0.15, -0.1) is 0 Å². The van der Waals surface area contributed by atoms with Crippen molar-refractivity contribution < 1.29 is 18.8 Å². The van der Waals surface area contributed by atoms with E-state index < -0.39 is 5.60 Å². The predicted octanol–water partition coefficient (Wildman–Crippen LogP) is 3.68. The van der Waals surface area contributed by atoms with Crippen molar-refractivity contribution in [3.63, 3.8) is 0 Å². The van der Waals surface area contributed by atoms with Crippen molar-refractivity contribution in [3.8, 4) is 0 Å². The van der Waals surface area contributed by atoms with Crippen LogP contribution in [0.1, 0.15) is 65.2 Å². The minimum absolute atomic E-state index is 0.245. The molecule has 0 saturated carbocycles. The van der Waals surface area contributed by atoms with Gasteiger partial charge in [-0.1, -0.05) is 0 Å². The second kappa shape index (κ2) is 8.88. The van der Waals surface area contributed by atoms with Gasteiger partial charge >= 0.3 is 13.2 Å². The molecule has 8 heteroatoms. The smallest absolute Gasteiger partial charge is 0.444 e. The van der Waals surface area contributed by atoms with Crippen molar-refractivity contribution >= 4 is 18.9 Å². The molecule has 2 saturated heterocycles. The van der Waals surface area contributed by atoms with E-state index in [0.717, 1.165) is 24.3 Å². The first kappa shape index (κ1) is 24.9. The topological polar surface area (TPSA) is 77.3 Å². The van der Waals surface area contributed by atoms with Crippen molar-refractivity contribution in [2.45, 2.75) is 85.1 Å². The number of benzene rings is 1. The van der Waals surface area contributed by atoms with Gasteiger partial charge in [0.2, 0.25) is 0 Å². The number of carbonyl (C=O) groups is 1. The quantitative estimate of drug-likeness (QED) is 0.713. The van der Waals surface area contributed by atoms with Crippen LogP contribution in [-0.4, -0.2) is 61.1 Å². The molecule has 2 heterocycles. The van der Waals surface area contributed by atoms with E-state index in [-0.39, 0.29) is 24.4 Å². The summed E-state index contributed by atoms with van der Waals surface area (Å²) in [4.78, 5) is 16.5. The van der Waals surface area contributed by atoms with E-state index in [4.69, 9.17) is 19.8 Å². The average Bonchev–Trinajstić information content (AvgIpc) is 2.88. The summed E-state index contributed by atoms with van der Waals surface area (Å²) in [5, 5.41) is 0. The van der Waals surface area contributed by atoms with E-state index >= 15 is 0 Å². The lowest BCUT2D eigenvalue weighted by Crippen LogP contribution is -2.50. The van der Waals surface area contributed by atoms with Gasteiger partial charge in [-0.2, -0.15) is 0 Å². The molecule has 0 radical (unpaired) electrons. The van der Waals surface area contributed by atoms with Gasteiger partial charge in [0.1, 0.15) is 5.60 Å². The molecule has 2 fully saturated rings. The van der Waals surface area contributed by atoms with Crippen molar-refractivity contribution in [3.05, 3.63) is 28.8 Å². The summed E-state index contributed by atoms with van der Waals surface area (Å²) in [7, 11) is -0.288. The molecule has 1 aromatic rings. The molecule has 0 atom stereocenters. The minimum atomic E-state index is -0.483. The van der Waals surface area contributed by atoms with E-state index in [1.807, 2.05) is 20.8 Å². The summed E-state index contributed by atoms with van der Waals surface area (Å²) in [6, 6.07) is 4.40. The van der Waals surface area contributed by atoms with Crippen LogP contribution in [0.4, 0.5) is 10.5 Å². The van der Waals surface area contributed by atoms with Crippen LogP contribution < -0.4 is 10.6 Å². The Morgan fingerprint density at radius 2 is 1.59 bits per heavy atom. The van der Waals surface area contributed by atoms with E-state index in [9.17, 15) is 4.79 Å². The summed E-state index contributed by atoms with van der Waals surface area (Å²) >= 11 is 0. The van der Waals surface area contributed by atoms with Gasteiger partial charge < -0.3 is 29.6 Å². The van der Waals surface area contributed by atoms with E-state index in [2.05, 4.69) is 51.7 Å². The molecule has 7 nitrogen and oxygen atoms in total. The second-order valence-corrected chi connectivity index (χ2v) is 10.9. The Hall–Kier alpha value is -1.77. The fourth-order valence-electron chi connectivity index (χ4n) is 4.13. The molecule has 1 amide bonds. The molecule has 0 aliphatic carbocycles. The zero-order valence-corrected chi connectivity index (χ0v) is 21.1. The normalized spacial score (nSPS) is 20.6. The minimum Gasteiger partial charge on any atom is -0.444 e. The first-order chi connectivity index (χ1) is 14.7. The van der Waals surface area contributed by atoms with Gasteiger partial charge in [-0.25, -0.2) is 4.79 Å². The lowest BCUT2D eigenvalue weighted by molar-refractivity contribution is 0.00578. The number of anilines is 1. The van der Waals surface area contributed by atoms with Gasteiger partial charge in [0.15, 0.2) is 0 Å². The van der Waals surface area contributed by atoms with Crippen molar-refractivity contribution in [2.75, 3.05) is 31.1 Å². The summed E-state index contributed by atoms with van der Waals surface area (Å²) in [6.45, 7) is 19.3. The van der Waals surface area contributed by atoms with Gasteiger partial charge in [-0.05, 0) is 84.2 Å². The maximum atomic E-state index is 12.4. The number of carbonyl (C=O) groups excluding carboxylic acids is 1. The fraction of sp³-hybridized carbons (Fsp3) is 0.708. The first-order valence-electron chi connectivity index (χ1n) is 11.6. The maximum absolute atomic E-state index is 12.4. The molecule has 2 N–H and O–H groups in total. The number of hydrogen-bond acceptors (Lipinski definition) is 6. The molecule has 32 heavy (non-hydrogen) atoms. The lowest BCUT2D eigenvalue weighted by Gasteiger charge is -2.37. The van der Waals surface area contributed by atoms with Crippen LogP contribution in [0.25, 0.3) is 0 Å². The third kappa shape index (κ3) is 5.41. The third-order valence-corrected chi connectivity index (χ3v) is 6.81. The molecule has 0 bridgehead atoms. The number of nitrogens with zero attached hydrogens (tertiary/aromatic N) is 2. The molecule has 2 aliphatic rings. The zero-order chi connectivity index (χ0) is 23.9. The summed E-state index contributed by atoms with van der Waals surface area (Å²) in [5.74, 6) is 0. The molecular weight excluding hydrogens is 405 g/mol. The van der Waals surface area contributed by atoms with E-state index in [1.165, 1.54) is 11.1 Å². The van der Waals surface area contributed by atoms with Crippen LogP contribution in [0, 0.1) is 6.92 Å². The molecule has 1 aromatic carbocycles. The highest BCUT2D eigenvalue weighted by Crippen LogP contribution is 2.38. The molecule has 178 valence electrons. The largest absolute Gasteiger partial charge is 0.462 e. The Balaban J connectivity index is 1.73. The average molecular weight is 445 g/mol. The Kier molecular flexibility index (Phi) is 6.90. The van der Waals surface area contributed by atoms with Gasteiger partial charge in [0.25, 0.3) is 0 Å². The molecule has 3 rings (SSSR count). The van der Waals surface area contributed by atoms with E-state index in [0.29, 0.717) is 26.0 Å². The highest BCUT2D eigenvalue weighted by Gasteiger charge is 2.50. The molecule has 0 aromatic heterocycles. The Labute approximate surface area is 193 Å². The Morgan fingerprint density at radius 3 is 2.09 bits per heavy atom. The van der Waals surface area contributed by atoms with Crippen LogP contribution in [0.15, 0.2) is 12.1 Å². The number of amides is 1. The summed E-state index contributed by atoms with van der Waals surface area (Å²) < 4.78 is 18.0. The van der Waals surface area contributed by atoms with Crippen LogP contribution >= 0.6 is 0 Å². The lowest BCUT2D eigenvalue weighted by atomic mass is 9.78.